The van der Waals surface area contributed by atoms with Crippen molar-refractivity contribution >= 4 is 21.8 Å². The van der Waals surface area contributed by atoms with Crippen LogP contribution in [0.5, 0.6) is 0 Å². The van der Waals surface area contributed by atoms with E-state index in [2.05, 4.69) is 15.9 Å². The fourth-order valence-corrected chi connectivity index (χ4v) is 1.65. The maximum atomic E-state index is 11.0. The van der Waals surface area contributed by atoms with Gasteiger partial charge in [0.25, 0.3) is 0 Å². The van der Waals surface area contributed by atoms with Crippen molar-refractivity contribution in [3.63, 3.8) is 0 Å². The van der Waals surface area contributed by atoms with Crippen LogP contribution in [0, 0.1) is 0 Å². The number of nitrogens with zero attached hydrogens (tertiary/aromatic N) is 1. The molecule has 0 bridgehead atoms. The van der Waals surface area contributed by atoms with Gasteiger partial charge >= 0.3 is 0 Å². The highest BCUT2D eigenvalue weighted by atomic mass is 79.9. The zero-order valence-corrected chi connectivity index (χ0v) is 7.02. The van der Waals surface area contributed by atoms with Gasteiger partial charge in [-0.15, -0.1) is 0 Å². The van der Waals surface area contributed by atoms with Gasteiger partial charge in [-0.2, -0.15) is 0 Å². The normalized spacial score (nSPS) is 28.9. The molecule has 0 aromatic heterocycles. The fourth-order valence-electron chi connectivity index (χ4n) is 0.980. The molecule has 0 N–H and O–H groups in total. The van der Waals surface area contributed by atoms with E-state index in [0.717, 1.165) is 19.4 Å². The molecule has 0 aromatic rings. The van der Waals surface area contributed by atoms with Gasteiger partial charge in [0.1, 0.15) is 0 Å². The zero-order chi connectivity index (χ0) is 6.85. The van der Waals surface area contributed by atoms with Crippen LogP contribution >= 0.6 is 15.9 Å². The first-order valence-corrected chi connectivity index (χ1v) is 4.02. The van der Waals surface area contributed by atoms with Crippen molar-refractivity contribution in [2.75, 3.05) is 13.6 Å². The molecule has 1 heterocycles. The number of carbonyl (C=O) groups excluding carboxylic acids is 1. The van der Waals surface area contributed by atoms with Crippen molar-refractivity contribution in [1.82, 2.24) is 4.90 Å². The van der Waals surface area contributed by atoms with Gasteiger partial charge in [0.05, 0.1) is 4.83 Å². The minimum absolute atomic E-state index is 0.0799. The van der Waals surface area contributed by atoms with E-state index in [1.54, 1.807) is 4.90 Å². The van der Waals surface area contributed by atoms with Crippen LogP contribution in [0.25, 0.3) is 0 Å². The number of halogens is 1. The molecule has 3 heteroatoms. The number of carbonyl (C=O) groups is 1. The summed E-state index contributed by atoms with van der Waals surface area (Å²) in [7, 11) is 1.84. The molecule has 52 valence electrons. The monoisotopic (exact) mass is 191 g/mol. The Bertz CT molecular complexity index is 114. The largest absolute Gasteiger partial charge is 0.345 e. The van der Waals surface area contributed by atoms with E-state index in [-0.39, 0.29) is 10.7 Å². The van der Waals surface area contributed by atoms with Gasteiger partial charge < -0.3 is 4.90 Å². The molecule has 1 aliphatic rings. The van der Waals surface area contributed by atoms with Gasteiger partial charge in [0.2, 0.25) is 5.91 Å². The van der Waals surface area contributed by atoms with Crippen LogP contribution in [0.2, 0.25) is 0 Å². The van der Waals surface area contributed by atoms with E-state index in [1.165, 1.54) is 0 Å². The second-order valence-electron chi connectivity index (χ2n) is 2.37. The lowest BCUT2D eigenvalue weighted by Gasteiger charge is -2.25. The summed E-state index contributed by atoms with van der Waals surface area (Å²) in [5, 5.41) is 0. The van der Waals surface area contributed by atoms with E-state index in [1.807, 2.05) is 7.05 Å². The smallest absolute Gasteiger partial charge is 0.236 e. The van der Waals surface area contributed by atoms with Gasteiger partial charge in [-0.3, -0.25) is 4.79 Å². The Morgan fingerprint density at radius 2 is 2.44 bits per heavy atom. The summed E-state index contributed by atoms with van der Waals surface area (Å²) in [5.41, 5.74) is 0. The highest BCUT2D eigenvalue weighted by Crippen LogP contribution is 2.16. The molecule has 0 spiro atoms. The average molecular weight is 192 g/mol. The Morgan fingerprint density at radius 3 is 2.89 bits per heavy atom. The van der Waals surface area contributed by atoms with Crippen LogP contribution in [-0.4, -0.2) is 29.2 Å². The van der Waals surface area contributed by atoms with Gasteiger partial charge in [-0.25, -0.2) is 0 Å². The van der Waals surface area contributed by atoms with Crippen molar-refractivity contribution in [3.8, 4) is 0 Å². The van der Waals surface area contributed by atoms with Crippen LogP contribution in [0.3, 0.4) is 0 Å². The summed E-state index contributed by atoms with van der Waals surface area (Å²) in [5.74, 6) is 0.223. The summed E-state index contributed by atoms with van der Waals surface area (Å²) >= 11 is 3.30. The van der Waals surface area contributed by atoms with Crippen molar-refractivity contribution in [2.45, 2.75) is 17.7 Å². The maximum absolute atomic E-state index is 11.0. The average Bonchev–Trinajstić information content (AvgIpc) is 1.83. The maximum Gasteiger partial charge on any atom is 0.236 e. The predicted octanol–water partition coefficient (Wildman–Crippen LogP) is 1.00. The molecular formula is C6H10BrNO. The van der Waals surface area contributed by atoms with Crippen LogP contribution in [-0.2, 0) is 4.79 Å². The van der Waals surface area contributed by atoms with E-state index >= 15 is 0 Å². The molecule has 0 aromatic carbocycles. The van der Waals surface area contributed by atoms with E-state index < -0.39 is 0 Å². The molecule has 1 rings (SSSR count). The Morgan fingerprint density at radius 1 is 1.78 bits per heavy atom. The SMILES string of the molecule is CN1CCCC(Br)C1=O. The Kier molecular flexibility index (Phi) is 2.11. The third kappa shape index (κ3) is 1.45. The molecule has 2 nitrogen and oxygen atoms in total. The van der Waals surface area contributed by atoms with Crippen LogP contribution in [0.1, 0.15) is 12.8 Å². The van der Waals surface area contributed by atoms with Crippen molar-refractivity contribution < 1.29 is 4.79 Å². The van der Waals surface area contributed by atoms with Gasteiger partial charge in [-0.05, 0) is 12.8 Å². The first-order chi connectivity index (χ1) is 4.22. The number of hydrogen-bond donors (Lipinski definition) is 0. The molecule has 1 unspecified atom stereocenters. The molecule has 0 aliphatic carbocycles. The molecule has 9 heavy (non-hydrogen) atoms. The lowest BCUT2D eigenvalue weighted by molar-refractivity contribution is -0.130. The summed E-state index contributed by atoms with van der Waals surface area (Å²) in [6.45, 7) is 0.918. The summed E-state index contributed by atoms with van der Waals surface area (Å²) in [4.78, 5) is 12.9. The quantitative estimate of drug-likeness (QED) is 0.524. The minimum atomic E-state index is 0.0799. The lowest BCUT2D eigenvalue weighted by Crippen LogP contribution is -2.38. The molecule has 1 atom stereocenters. The number of rotatable bonds is 0. The molecule has 1 aliphatic heterocycles. The van der Waals surface area contributed by atoms with E-state index in [4.69, 9.17) is 0 Å². The topological polar surface area (TPSA) is 20.3 Å². The lowest BCUT2D eigenvalue weighted by atomic mass is 10.1. The second-order valence-corrected chi connectivity index (χ2v) is 3.47. The second kappa shape index (κ2) is 2.69. The molecule has 1 amide bonds. The van der Waals surface area contributed by atoms with Crippen molar-refractivity contribution in [2.24, 2.45) is 0 Å². The highest BCUT2D eigenvalue weighted by molar-refractivity contribution is 9.10. The van der Waals surface area contributed by atoms with Gasteiger partial charge in [0.15, 0.2) is 0 Å². The Labute approximate surface area is 63.3 Å². The van der Waals surface area contributed by atoms with E-state index in [9.17, 15) is 4.79 Å². The first-order valence-electron chi connectivity index (χ1n) is 3.11. The standard InChI is InChI=1S/C6H10BrNO/c1-8-4-2-3-5(7)6(8)9/h5H,2-4H2,1H3. The number of likely N-dealkylation sites (tertiary alicyclic amines) is 1. The highest BCUT2D eigenvalue weighted by Gasteiger charge is 2.22. The van der Waals surface area contributed by atoms with Gasteiger partial charge in [0, 0.05) is 13.6 Å². The molecule has 1 saturated heterocycles. The van der Waals surface area contributed by atoms with Gasteiger partial charge in [-0.1, -0.05) is 15.9 Å². The first kappa shape index (κ1) is 7.06. The van der Waals surface area contributed by atoms with Crippen molar-refractivity contribution in [3.05, 3.63) is 0 Å². The van der Waals surface area contributed by atoms with Crippen LogP contribution in [0.15, 0.2) is 0 Å². The molecule has 0 radical (unpaired) electrons. The Balaban J connectivity index is 2.52. The predicted molar refractivity (Wildman–Crippen MR) is 39.6 cm³/mol. The summed E-state index contributed by atoms with van der Waals surface area (Å²) < 4.78 is 0. The molecule has 1 fully saturated rings. The minimum Gasteiger partial charge on any atom is -0.345 e. The fraction of sp³-hybridized carbons (Fsp3) is 0.833. The van der Waals surface area contributed by atoms with Crippen LogP contribution < -0.4 is 0 Å². The van der Waals surface area contributed by atoms with E-state index in [0.29, 0.717) is 0 Å². The third-order valence-corrected chi connectivity index (χ3v) is 2.44. The molecular weight excluding hydrogens is 182 g/mol. The van der Waals surface area contributed by atoms with Crippen molar-refractivity contribution in [1.29, 1.82) is 0 Å². The summed E-state index contributed by atoms with van der Waals surface area (Å²) in [6, 6.07) is 0. The number of amides is 1. The number of piperidine rings is 1. The molecule has 0 saturated carbocycles. The summed E-state index contributed by atoms with van der Waals surface area (Å²) in [6.07, 6.45) is 2.11. The number of hydrogen-bond acceptors (Lipinski definition) is 1. The third-order valence-electron chi connectivity index (χ3n) is 1.60. The zero-order valence-electron chi connectivity index (χ0n) is 5.43. The Hall–Kier alpha value is -0.0500. The van der Waals surface area contributed by atoms with Crippen LogP contribution in [0.4, 0.5) is 0 Å². The number of alkyl halides is 1.